The van der Waals surface area contributed by atoms with Crippen molar-refractivity contribution in [1.82, 2.24) is 4.57 Å². The van der Waals surface area contributed by atoms with Crippen LogP contribution >= 0.6 is 0 Å². The predicted octanol–water partition coefficient (Wildman–Crippen LogP) is 7.98. The van der Waals surface area contributed by atoms with Crippen LogP contribution in [0, 0.1) is 0 Å². The van der Waals surface area contributed by atoms with E-state index >= 15 is 0 Å². The molecule has 2 nitrogen and oxygen atoms in total. The number of nitrogens with zero attached hydrogens (tertiary/aromatic N) is 1. The smallest absolute Gasteiger partial charge is 0.139 e. The summed E-state index contributed by atoms with van der Waals surface area (Å²) in [5.41, 5.74) is 6.76. The molecule has 6 rings (SSSR count). The monoisotopic (exact) mass is 389 g/mol. The van der Waals surface area contributed by atoms with Gasteiger partial charge in [0.2, 0.25) is 0 Å². The van der Waals surface area contributed by atoms with Gasteiger partial charge in [0.1, 0.15) is 11.2 Å². The SMILES string of the molecule is CC(C)(C)c1cccc2c1oc1cc3c(cc12)c1ccccc1n3-c1ccccc1. The van der Waals surface area contributed by atoms with Crippen molar-refractivity contribution in [3.63, 3.8) is 0 Å². The molecule has 4 aromatic carbocycles. The number of aromatic nitrogens is 1. The third-order valence-electron chi connectivity index (χ3n) is 6.11. The maximum absolute atomic E-state index is 6.49. The molecule has 6 aromatic rings. The van der Waals surface area contributed by atoms with E-state index < -0.39 is 0 Å². The molecule has 0 amide bonds. The molecule has 30 heavy (non-hydrogen) atoms. The second-order valence-corrected chi connectivity index (χ2v) is 9.09. The molecule has 0 aliphatic carbocycles. The maximum atomic E-state index is 6.49. The first kappa shape index (κ1) is 17.3. The molecular formula is C28H23NO. The summed E-state index contributed by atoms with van der Waals surface area (Å²) >= 11 is 0. The standard InChI is InChI=1S/C28H23NO/c1-28(2,3)23-14-9-13-20-22-16-21-19-12-7-8-15-24(19)29(18-10-5-4-6-11-18)25(21)17-26(22)30-27(20)23/h4-17H,1-3H3. The van der Waals surface area contributed by atoms with Crippen LogP contribution in [-0.4, -0.2) is 4.57 Å². The molecular weight excluding hydrogens is 366 g/mol. The maximum Gasteiger partial charge on any atom is 0.139 e. The van der Waals surface area contributed by atoms with Crippen LogP contribution < -0.4 is 0 Å². The van der Waals surface area contributed by atoms with Crippen molar-refractivity contribution in [1.29, 1.82) is 0 Å². The molecule has 0 fully saturated rings. The van der Waals surface area contributed by atoms with Gasteiger partial charge in [-0.25, -0.2) is 0 Å². The fraction of sp³-hybridized carbons (Fsp3) is 0.143. The van der Waals surface area contributed by atoms with E-state index in [9.17, 15) is 0 Å². The zero-order chi connectivity index (χ0) is 20.5. The molecule has 0 saturated carbocycles. The van der Waals surface area contributed by atoms with E-state index in [2.05, 4.69) is 110 Å². The van der Waals surface area contributed by atoms with Gasteiger partial charge < -0.3 is 8.98 Å². The zero-order valence-corrected chi connectivity index (χ0v) is 17.4. The Kier molecular flexibility index (Phi) is 3.47. The van der Waals surface area contributed by atoms with Crippen LogP contribution in [0.15, 0.2) is 89.3 Å². The van der Waals surface area contributed by atoms with Gasteiger partial charge >= 0.3 is 0 Å². The van der Waals surface area contributed by atoms with Crippen LogP contribution in [0.2, 0.25) is 0 Å². The molecule has 0 N–H and O–H groups in total. The second-order valence-electron chi connectivity index (χ2n) is 9.09. The number of rotatable bonds is 1. The highest BCUT2D eigenvalue weighted by Crippen LogP contribution is 2.40. The van der Waals surface area contributed by atoms with Crippen molar-refractivity contribution in [3.8, 4) is 5.69 Å². The van der Waals surface area contributed by atoms with Crippen molar-refractivity contribution in [3.05, 3.63) is 90.5 Å². The van der Waals surface area contributed by atoms with E-state index in [1.165, 1.54) is 38.1 Å². The molecule has 0 radical (unpaired) electrons. The lowest BCUT2D eigenvalue weighted by atomic mass is 9.86. The summed E-state index contributed by atoms with van der Waals surface area (Å²) in [5.74, 6) is 0. The number of para-hydroxylation sites is 3. The Labute approximate surface area is 175 Å². The van der Waals surface area contributed by atoms with Crippen molar-refractivity contribution < 1.29 is 4.42 Å². The highest BCUT2D eigenvalue weighted by molar-refractivity contribution is 6.17. The molecule has 0 bridgehead atoms. The van der Waals surface area contributed by atoms with Crippen LogP contribution in [0.1, 0.15) is 26.3 Å². The zero-order valence-electron chi connectivity index (χ0n) is 17.4. The van der Waals surface area contributed by atoms with E-state index in [4.69, 9.17) is 4.42 Å². The van der Waals surface area contributed by atoms with E-state index in [0.29, 0.717) is 0 Å². The summed E-state index contributed by atoms with van der Waals surface area (Å²) in [4.78, 5) is 0. The number of hydrogen-bond acceptors (Lipinski definition) is 1. The Hall–Kier alpha value is -3.52. The molecule has 0 unspecified atom stereocenters. The van der Waals surface area contributed by atoms with E-state index in [0.717, 1.165) is 16.9 Å². The molecule has 0 aliphatic heterocycles. The Morgan fingerprint density at radius 2 is 1.37 bits per heavy atom. The van der Waals surface area contributed by atoms with Gasteiger partial charge in [0.15, 0.2) is 0 Å². The molecule has 2 heterocycles. The molecule has 0 atom stereocenters. The van der Waals surface area contributed by atoms with Crippen molar-refractivity contribution in [2.45, 2.75) is 26.2 Å². The fourth-order valence-electron chi connectivity index (χ4n) is 4.71. The second kappa shape index (κ2) is 5.99. The van der Waals surface area contributed by atoms with E-state index in [1.54, 1.807) is 0 Å². The van der Waals surface area contributed by atoms with Crippen LogP contribution in [-0.2, 0) is 5.41 Å². The van der Waals surface area contributed by atoms with Crippen molar-refractivity contribution in [2.24, 2.45) is 0 Å². The number of furan rings is 1. The van der Waals surface area contributed by atoms with Gasteiger partial charge in [-0.15, -0.1) is 0 Å². The topological polar surface area (TPSA) is 18.1 Å². The third-order valence-corrected chi connectivity index (χ3v) is 6.11. The first-order valence-electron chi connectivity index (χ1n) is 10.5. The van der Waals surface area contributed by atoms with E-state index in [-0.39, 0.29) is 5.41 Å². The van der Waals surface area contributed by atoms with Crippen LogP contribution in [0.5, 0.6) is 0 Å². The quantitative estimate of drug-likeness (QED) is 0.279. The summed E-state index contributed by atoms with van der Waals surface area (Å²) in [6.45, 7) is 6.72. The molecule has 2 heteroatoms. The Balaban J connectivity index is 1.79. The van der Waals surface area contributed by atoms with Gasteiger partial charge in [-0.1, -0.05) is 75.4 Å². The van der Waals surface area contributed by atoms with E-state index in [1.807, 2.05) is 0 Å². The minimum atomic E-state index is 0.0266. The molecule has 0 saturated heterocycles. The van der Waals surface area contributed by atoms with Gasteiger partial charge in [0, 0.05) is 38.9 Å². The number of fused-ring (bicyclic) bond motifs is 6. The summed E-state index contributed by atoms with van der Waals surface area (Å²) < 4.78 is 8.83. The van der Waals surface area contributed by atoms with Crippen LogP contribution in [0.3, 0.4) is 0 Å². The lowest BCUT2D eigenvalue weighted by molar-refractivity contribution is 0.573. The summed E-state index contributed by atoms with van der Waals surface area (Å²) in [6, 6.07) is 30.2. The molecule has 0 spiro atoms. The summed E-state index contributed by atoms with van der Waals surface area (Å²) in [7, 11) is 0. The first-order chi connectivity index (χ1) is 14.5. The van der Waals surface area contributed by atoms with Crippen LogP contribution in [0.4, 0.5) is 0 Å². The summed E-state index contributed by atoms with van der Waals surface area (Å²) in [5, 5.41) is 4.89. The minimum Gasteiger partial charge on any atom is -0.456 e. The Morgan fingerprint density at radius 3 is 2.17 bits per heavy atom. The molecule has 0 aliphatic rings. The lowest BCUT2D eigenvalue weighted by Crippen LogP contribution is -2.10. The fourth-order valence-corrected chi connectivity index (χ4v) is 4.71. The highest BCUT2D eigenvalue weighted by Gasteiger charge is 2.22. The van der Waals surface area contributed by atoms with Gasteiger partial charge in [-0.3, -0.25) is 0 Å². The van der Waals surface area contributed by atoms with Gasteiger partial charge in [0.05, 0.1) is 11.0 Å². The van der Waals surface area contributed by atoms with Crippen LogP contribution in [0.25, 0.3) is 49.4 Å². The van der Waals surface area contributed by atoms with Gasteiger partial charge in [-0.05, 0) is 29.7 Å². The molecule has 2 aromatic heterocycles. The first-order valence-corrected chi connectivity index (χ1v) is 10.5. The minimum absolute atomic E-state index is 0.0266. The summed E-state index contributed by atoms with van der Waals surface area (Å²) in [6.07, 6.45) is 0. The van der Waals surface area contributed by atoms with Crippen molar-refractivity contribution >= 4 is 43.7 Å². The average Bonchev–Trinajstić information content (AvgIpc) is 3.27. The Bertz CT molecular complexity index is 1560. The Morgan fingerprint density at radius 1 is 0.633 bits per heavy atom. The molecule has 146 valence electrons. The van der Waals surface area contributed by atoms with Gasteiger partial charge in [0.25, 0.3) is 0 Å². The normalized spacial score (nSPS) is 12.5. The predicted molar refractivity (Wildman–Crippen MR) is 127 cm³/mol. The highest BCUT2D eigenvalue weighted by atomic mass is 16.3. The third kappa shape index (κ3) is 2.37. The number of benzene rings is 4. The van der Waals surface area contributed by atoms with Crippen molar-refractivity contribution in [2.75, 3.05) is 0 Å². The lowest BCUT2D eigenvalue weighted by Gasteiger charge is -2.18. The number of hydrogen-bond donors (Lipinski definition) is 0. The van der Waals surface area contributed by atoms with Gasteiger partial charge in [-0.2, -0.15) is 0 Å². The largest absolute Gasteiger partial charge is 0.456 e. The average molecular weight is 389 g/mol.